The maximum atomic E-state index is 10.0. The molecule has 1 aromatic carbocycles. The van der Waals surface area contributed by atoms with E-state index in [1.54, 1.807) is 36.4 Å². The Kier molecular flexibility index (Phi) is 2.63. The molecule has 0 saturated carbocycles. The van der Waals surface area contributed by atoms with E-state index in [-0.39, 0.29) is 0 Å². The van der Waals surface area contributed by atoms with E-state index < -0.39 is 6.10 Å². The van der Waals surface area contributed by atoms with Crippen molar-refractivity contribution >= 4 is 5.69 Å². The Hall–Kier alpha value is -2.25. The molecule has 16 heavy (non-hydrogen) atoms. The molecule has 1 unspecified atom stereocenters. The molecule has 0 radical (unpaired) electrons. The normalized spacial score (nSPS) is 12.0. The van der Waals surface area contributed by atoms with Gasteiger partial charge in [-0.05, 0) is 29.8 Å². The molecule has 4 heteroatoms. The summed E-state index contributed by atoms with van der Waals surface area (Å²) < 4.78 is 0. The maximum absolute atomic E-state index is 10.0. The largest absolute Gasteiger partial charge is 0.399 e. The number of nitrogen functional groups attached to an aromatic ring is 1. The number of aromatic amines is 1. The van der Waals surface area contributed by atoms with E-state index in [2.05, 4.69) is 4.98 Å². The first-order valence-electron chi connectivity index (χ1n) is 4.83. The lowest BCUT2D eigenvalue weighted by atomic mass is 10.1. The lowest BCUT2D eigenvalue weighted by molar-refractivity contribution is 0.216. The number of anilines is 1. The van der Waals surface area contributed by atoms with Gasteiger partial charge in [-0.1, -0.05) is 12.1 Å². The van der Waals surface area contributed by atoms with Gasteiger partial charge in [0.25, 0.3) is 0 Å². The number of benzene rings is 1. The molecule has 0 aliphatic heterocycles. The van der Waals surface area contributed by atoms with Gasteiger partial charge in [-0.25, -0.2) is 0 Å². The van der Waals surface area contributed by atoms with Gasteiger partial charge in [-0.3, -0.25) is 0 Å². The van der Waals surface area contributed by atoms with Gasteiger partial charge in [0.15, 0.2) is 0 Å². The van der Waals surface area contributed by atoms with E-state index in [9.17, 15) is 5.11 Å². The zero-order valence-corrected chi connectivity index (χ0v) is 8.51. The van der Waals surface area contributed by atoms with E-state index >= 15 is 0 Å². The van der Waals surface area contributed by atoms with Crippen LogP contribution in [0.15, 0.2) is 36.4 Å². The molecule has 1 atom stereocenters. The minimum Gasteiger partial charge on any atom is -0.399 e. The van der Waals surface area contributed by atoms with Crippen LogP contribution in [0.4, 0.5) is 5.69 Å². The highest BCUT2D eigenvalue weighted by Gasteiger charge is 2.11. The summed E-state index contributed by atoms with van der Waals surface area (Å²) in [6.07, 6.45) is -0.761. The molecule has 0 spiro atoms. The van der Waals surface area contributed by atoms with Crippen LogP contribution in [-0.2, 0) is 0 Å². The number of aromatic nitrogens is 1. The summed E-state index contributed by atoms with van der Waals surface area (Å²) in [5.74, 6) is 0. The first-order chi connectivity index (χ1) is 7.70. The number of rotatable bonds is 2. The number of nitrogens with one attached hydrogen (secondary N) is 1. The highest BCUT2D eigenvalue weighted by atomic mass is 16.3. The summed E-state index contributed by atoms with van der Waals surface area (Å²) in [6.45, 7) is 0. The molecule has 0 aliphatic carbocycles. The quantitative estimate of drug-likeness (QED) is 0.661. The molecule has 0 saturated heterocycles. The van der Waals surface area contributed by atoms with Crippen molar-refractivity contribution in [2.24, 2.45) is 0 Å². The second kappa shape index (κ2) is 4.09. The fourth-order valence-electron chi connectivity index (χ4n) is 1.49. The summed E-state index contributed by atoms with van der Waals surface area (Å²) in [5, 5.41) is 18.7. The van der Waals surface area contributed by atoms with Gasteiger partial charge in [-0.2, -0.15) is 5.26 Å². The molecule has 1 aromatic heterocycles. The van der Waals surface area contributed by atoms with E-state index in [0.29, 0.717) is 17.1 Å². The number of nitrogens with zero attached hydrogens (tertiary/aromatic N) is 1. The van der Waals surface area contributed by atoms with Gasteiger partial charge >= 0.3 is 0 Å². The van der Waals surface area contributed by atoms with Crippen molar-refractivity contribution in [2.45, 2.75) is 6.10 Å². The number of aliphatic hydroxyl groups is 1. The van der Waals surface area contributed by atoms with Crippen LogP contribution in [0, 0.1) is 11.3 Å². The van der Waals surface area contributed by atoms with Gasteiger partial charge in [0, 0.05) is 11.4 Å². The summed E-state index contributed by atoms with van der Waals surface area (Å²) in [7, 11) is 0. The van der Waals surface area contributed by atoms with Crippen molar-refractivity contribution in [3.63, 3.8) is 0 Å². The number of hydrogen-bond acceptors (Lipinski definition) is 3. The first kappa shape index (κ1) is 10.3. The maximum Gasteiger partial charge on any atom is 0.119 e. The lowest BCUT2D eigenvalue weighted by Crippen LogP contribution is -2.00. The Bertz CT molecular complexity index is 522. The highest BCUT2D eigenvalue weighted by molar-refractivity contribution is 5.41. The van der Waals surface area contributed by atoms with E-state index in [4.69, 9.17) is 11.0 Å². The number of aliphatic hydroxyl groups excluding tert-OH is 1. The second-order valence-corrected chi connectivity index (χ2v) is 3.51. The Labute approximate surface area is 93.0 Å². The third kappa shape index (κ3) is 1.90. The summed E-state index contributed by atoms with van der Waals surface area (Å²) in [4.78, 5) is 2.83. The summed E-state index contributed by atoms with van der Waals surface area (Å²) in [6, 6.07) is 12.3. The average molecular weight is 213 g/mol. The fourth-order valence-corrected chi connectivity index (χ4v) is 1.49. The number of H-pyrrole nitrogens is 1. The van der Waals surface area contributed by atoms with E-state index in [1.807, 2.05) is 6.07 Å². The number of hydrogen-bond donors (Lipinski definition) is 3. The standard InChI is InChI=1S/C12H11N3O/c13-7-10-5-6-11(15-10)12(16)8-1-3-9(14)4-2-8/h1-6,12,15-16H,14H2. The van der Waals surface area contributed by atoms with Crippen LogP contribution in [-0.4, -0.2) is 10.1 Å². The van der Waals surface area contributed by atoms with Gasteiger partial charge in [-0.15, -0.1) is 0 Å². The molecule has 0 amide bonds. The number of nitriles is 1. The lowest BCUT2D eigenvalue weighted by Gasteiger charge is -2.09. The van der Waals surface area contributed by atoms with Crippen LogP contribution < -0.4 is 5.73 Å². The minimum atomic E-state index is -0.761. The predicted octanol–water partition coefficient (Wildman–Crippen LogP) is 1.55. The van der Waals surface area contributed by atoms with E-state index in [0.717, 1.165) is 5.56 Å². The molecule has 2 rings (SSSR count). The topological polar surface area (TPSA) is 85.8 Å². The van der Waals surface area contributed by atoms with Crippen LogP contribution in [0.25, 0.3) is 0 Å². The van der Waals surface area contributed by atoms with Gasteiger partial charge in [0.2, 0.25) is 0 Å². The third-order valence-electron chi connectivity index (χ3n) is 2.38. The molecule has 0 aliphatic rings. The van der Waals surface area contributed by atoms with Crippen LogP contribution in [0.5, 0.6) is 0 Å². The predicted molar refractivity (Wildman–Crippen MR) is 60.4 cm³/mol. The molecule has 0 bridgehead atoms. The van der Waals surface area contributed by atoms with Crippen molar-refractivity contribution in [1.82, 2.24) is 4.98 Å². The van der Waals surface area contributed by atoms with E-state index in [1.165, 1.54) is 0 Å². The SMILES string of the molecule is N#Cc1ccc(C(O)c2ccc(N)cc2)[nH]1. The first-order valence-corrected chi connectivity index (χ1v) is 4.83. The van der Waals surface area contributed by atoms with Crippen molar-refractivity contribution in [2.75, 3.05) is 5.73 Å². The van der Waals surface area contributed by atoms with Crippen LogP contribution >= 0.6 is 0 Å². The molecule has 4 nitrogen and oxygen atoms in total. The molecule has 0 fully saturated rings. The molecular formula is C12H11N3O. The number of nitrogens with two attached hydrogens (primary N) is 1. The monoisotopic (exact) mass is 213 g/mol. The molecule has 4 N–H and O–H groups in total. The van der Waals surface area contributed by atoms with Crippen molar-refractivity contribution in [3.8, 4) is 6.07 Å². The Morgan fingerprint density at radius 2 is 1.88 bits per heavy atom. The average Bonchev–Trinajstić information content (AvgIpc) is 2.77. The minimum absolute atomic E-state index is 0.435. The van der Waals surface area contributed by atoms with Crippen molar-refractivity contribution in [1.29, 1.82) is 5.26 Å². The fraction of sp³-hybridized carbons (Fsp3) is 0.0833. The second-order valence-electron chi connectivity index (χ2n) is 3.51. The molecule has 1 heterocycles. The van der Waals surface area contributed by atoms with Gasteiger partial charge in [0.05, 0.1) is 0 Å². The van der Waals surface area contributed by atoms with Crippen molar-refractivity contribution < 1.29 is 5.11 Å². The Morgan fingerprint density at radius 1 is 1.19 bits per heavy atom. The molecule has 80 valence electrons. The zero-order valence-electron chi connectivity index (χ0n) is 8.51. The highest BCUT2D eigenvalue weighted by Crippen LogP contribution is 2.21. The Balaban J connectivity index is 2.28. The molecule has 2 aromatic rings. The van der Waals surface area contributed by atoms with Crippen molar-refractivity contribution in [3.05, 3.63) is 53.3 Å². The van der Waals surface area contributed by atoms with Crippen LogP contribution in [0.1, 0.15) is 23.1 Å². The smallest absolute Gasteiger partial charge is 0.119 e. The zero-order chi connectivity index (χ0) is 11.5. The van der Waals surface area contributed by atoms with Gasteiger partial charge in [0.1, 0.15) is 17.9 Å². The summed E-state index contributed by atoms with van der Waals surface area (Å²) in [5.41, 5.74) is 7.98. The summed E-state index contributed by atoms with van der Waals surface area (Å²) >= 11 is 0. The third-order valence-corrected chi connectivity index (χ3v) is 2.38. The molecular weight excluding hydrogens is 202 g/mol. The van der Waals surface area contributed by atoms with Crippen LogP contribution in [0.3, 0.4) is 0 Å². The van der Waals surface area contributed by atoms with Gasteiger partial charge < -0.3 is 15.8 Å². The van der Waals surface area contributed by atoms with Crippen LogP contribution in [0.2, 0.25) is 0 Å². The Morgan fingerprint density at radius 3 is 2.44 bits per heavy atom.